The first-order valence-electron chi connectivity index (χ1n) is 4.34. The maximum absolute atomic E-state index is 10.9. The second-order valence-electron chi connectivity index (χ2n) is 3.23. The van der Waals surface area contributed by atoms with Crippen LogP contribution in [0.1, 0.15) is 26.7 Å². The lowest BCUT2D eigenvalue weighted by atomic mass is 10.1. The van der Waals surface area contributed by atoms with Crippen LogP contribution in [0.4, 0.5) is 0 Å². The first-order chi connectivity index (χ1) is 6.07. The van der Waals surface area contributed by atoms with Gasteiger partial charge >= 0.3 is 5.97 Å². The molecule has 1 atom stereocenters. The first-order valence-corrected chi connectivity index (χ1v) is 4.34. The summed E-state index contributed by atoms with van der Waals surface area (Å²) in [5, 5.41) is 0. The summed E-state index contributed by atoms with van der Waals surface area (Å²) >= 11 is 0. The lowest BCUT2D eigenvalue weighted by molar-refractivity contribution is -0.140. The van der Waals surface area contributed by atoms with E-state index >= 15 is 0 Å². The highest BCUT2D eigenvalue weighted by Crippen LogP contribution is 2.05. The molecule has 3 heteroatoms. The van der Waals surface area contributed by atoms with Crippen LogP contribution in [0.2, 0.25) is 0 Å². The molecule has 0 spiro atoms. The maximum atomic E-state index is 10.9. The third-order valence-corrected chi connectivity index (χ3v) is 1.62. The Morgan fingerprint density at radius 3 is 2.69 bits per heavy atom. The number of ether oxygens (including phenoxy) is 1. The summed E-state index contributed by atoms with van der Waals surface area (Å²) in [4.78, 5) is 21.0. The van der Waals surface area contributed by atoms with Crippen molar-refractivity contribution in [2.24, 2.45) is 5.92 Å². The summed E-state index contributed by atoms with van der Waals surface area (Å²) in [6.07, 6.45) is 2.15. The second-order valence-corrected chi connectivity index (χ2v) is 3.23. The fourth-order valence-corrected chi connectivity index (χ4v) is 0.777. The number of esters is 1. The Kier molecular flexibility index (Phi) is 5.85. The molecular weight excluding hydrogens is 168 g/mol. The molecule has 0 aromatic rings. The van der Waals surface area contributed by atoms with Crippen LogP contribution in [0.3, 0.4) is 0 Å². The van der Waals surface area contributed by atoms with Gasteiger partial charge < -0.3 is 9.53 Å². The van der Waals surface area contributed by atoms with E-state index in [0.717, 1.165) is 12.7 Å². The molecule has 1 unspecified atom stereocenters. The summed E-state index contributed by atoms with van der Waals surface area (Å²) in [5.41, 5.74) is 0.405. The van der Waals surface area contributed by atoms with E-state index in [2.05, 4.69) is 6.58 Å². The van der Waals surface area contributed by atoms with Crippen molar-refractivity contribution in [3.8, 4) is 0 Å². The molecule has 0 amide bonds. The topological polar surface area (TPSA) is 43.4 Å². The van der Waals surface area contributed by atoms with Crippen molar-refractivity contribution in [3.63, 3.8) is 0 Å². The van der Waals surface area contributed by atoms with Gasteiger partial charge in [-0.1, -0.05) is 13.5 Å². The molecule has 74 valence electrons. The highest BCUT2D eigenvalue weighted by atomic mass is 16.5. The molecule has 0 radical (unpaired) electrons. The smallest absolute Gasteiger partial charge is 0.333 e. The van der Waals surface area contributed by atoms with E-state index in [1.807, 2.05) is 6.92 Å². The predicted octanol–water partition coefficient (Wildman–Crippen LogP) is 1.72. The van der Waals surface area contributed by atoms with E-state index < -0.39 is 0 Å². The number of carbonyl (C=O) groups is 2. The zero-order valence-corrected chi connectivity index (χ0v) is 8.21. The highest BCUT2D eigenvalue weighted by molar-refractivity contribution is 5.86. The Hall–Kier alpha value is -1.12. The minimum atomic E-state index is -0.363. The van der Waals surface area contributed by atoms with Crippen LogP contribution in [0.5, 0.6) is 0 Å². The monoisotopic (exact) mass is 184 g/mol. The second kappa shape index (κ2) is 6.40. The van der Waals surface area contributed by atoms with Crippen LogP contribution < -0.4 is 0 Å². The molecule has 0 fully saturated rings. The van der Waals surface area contributed by atoms with Gasteiger partial charge in [-0.3, -0.25) is 0 Å². The van der Waals surface area contributed by atoms with Crippen LogP contribution in [0, 0.1) is 5.92 Å². The number of aldehydes is 1. The van der Waals surface area contributed by atoms with Crippen molar-refractivity contribution in [2.45, 2.75) is 26.7 Å². The van der Waals surface area contributed by atoms with Crippen LogP contribution in [0.25, 0.3) is 0 Å². The van der Waals surface area contributed by atoms with Crippen LogP contribution in [-0.2, 0) is 14.3 Å². The summed E-state index contributed by atoms with van der Waals surface area (Å²) in [6.45, 7) is 7.37. The van der Waals surface area contributed by atoms with Gasteiger partial charge in [0, 0.05) is 12.0 Å². The Labute approximate surface area is 78.8 Å². The quantitative estimate of drug-likeness (QED) is 0.358. The van der Waals surface area contributed by atoms with Gasteiger partial charge in [-0.15, -0.1) is 0 Å². The normalized spacial score (nSPS) is 11.8. The van der Waals surface area contributed by atoms with Crippen molar-refractivity contribution >= 4 is 12.3 Å². The third kappa shape index (κ3) is 6.08. The highest BCUT2D eigenvalue weighted by Gasteiger charge is 2.07. The molecule has 0 aliphatic heterocycles. The van der Waals surface area contributed by atoms with Crippen LogP contribution >= 0.6 is 0 Å². The van der Waals surface area contributed by atoms with Crippen molar-refractivity contribution < 1.29 is 14.3 Å². The van der Waals surface area contributed by atoms with Gasteiger partial charge in [0.05, 0.1) is 6.61 Å². The largest absolute Gasteiger partial charge is 0.462 e. The van der Waals surface area contributed by atoms with E-state index in [9.17, 15) is 9.59 Å². The molecule has 3 nitrogen and oxygen atoms in total. The Morgan fingerprint density at radius 1 is 1.62 bits per heavy atom. The van der Waals surface area contributed by atoms with Gasteiger partial charge in [0.25, 0.3) is 0 Å². The molecule has 0 aliphatic rings. The van der Waals surface area contributed by atoms with E-state index in [-0.39, 0.29) is 11.9 Å². The molecule has 0 saturated carbocycles. The van der Waals surface area contributed by atoms with Crippen molar-refractivity contribution in [2.75, 3.05) is 6.61 Å². The third-order valence-electron chi connectivity index (χ3n) is 1.62. The lowest BCUT2D eigenvalue weighted by Gasteiger charge is -2.09. The number of rotatable bonds is 6. The molecule has 0 aliphatic carbocycles. The van der Waals surface area contributed by atoms with E-state index in [1.165, 1.54) is 0 Å². The van der Waals surface area contributed by atoms with Gasteiger partial charge in [0.2, 0.25) is 0 Å². The summed E-state index contributed by atoms with van der Waals surface area (Å²) in [6, 6.07) is 0. The van der Waals surface area contributed by atoms with Gasteiger partial charge in [0.15, 0.2) is 0 Å². The Balaban J connectivity index is 3.57. The maximum Gasteiger partial charge on any atom is 0.333 e. The predicted molar refractivity (Wildman–Crippen MR) is 50.2 cm³/mol. The van der Waals surface area contributed by atoms with Crippen molar-refractivity contribution in [1.29, 1.82) is 0 Å². The Bertz CT molecular complexity index is 196. The molecule has 13 heavy (non-hydrogen) atoms. The molecule has 0 heterocycles. The zero-order valence-electron chi connectivity index (χ0n) is 8.21. The van der Waals surface area contributed by atoms with E-state index in [0.29, 0.717) is 18.6 Å². The van der Waals surface area contributed by atoms with Crippen LogP contribution in [0.15, 0.2) is 12.2 Å². The van der Waals surface area contributed by atoms with Gasteiger partial charge in [-0.05, 0) is 19.3 Å². The molecule has 0 aromatic carbocycles. The molecule has 0 saturated heterocycles. The molecule has 0 rings (SSSR count). The number of hydrogen-bond acceptors (Lipinski definition) is 3. The lowest BCUT2D eigenvalue weighted by Crippen LogP contribution is -2.12. The summed E-state index contributed by atoms with van der Waals surface area (Å²) in [5.74, 6) is -0.133. The Morgan fingerprint density at radius 2 is 2.23 bits per heavy atom. The van der Waals surface area contributed by atoms with Gasteiger partial charge in [-0.25, -0.2) is 4.79 Å². The zero-order chi connectivity index (χ0) is 10.3. The average molecular weight is 184 g/mol. The number of carbonyl (C=O) groups excluding carboxylic acids is 2. The fourth-order valence-electron chi connectivity index (χ4n) is 0.777. The summed E-state index contributed by atoms with van der Waals surface area (Å²) in [7, 11) is 0. The van der Waals surface area contributed by atoms with E-state index in [1.54, 1.807) is 6.92 Å². The fraction of sp³-hybridized carbons (Fsp3) is 0.600. The molecular formula is C10H16O3. The van der Waals surface area contributed by atoms with Gasteiger partial charge in [-0.2, -0.15) is 0 Å². The van der Waals surface area contributed by atoms with Gasteiger partial charge in [0.1, 0.15) is 6.29 Å². The average Bonchev–Trinajstić information content (AvgIpc) is 2.10. The van der Waals surface area contributed by atoms with Crippen molar-refractivity contribution in [3.05, 3.63) is 12.2 Å². The van der Waals surface area contributed by atoms with E-state index in [4.69, 9.17) is 4.74 Å². The minimum absolute atomic E-state index is 0.230. The summed E-state index contributed by atoms with van der Waals surface area (Å²) < 4.78 is 4.91. The standard InChI is InChI=1S/C10H16O3/c1-8(2)10(12)13-7-9(3)5-4-6-11/h6,9H,1,4-5,7H2,2-3H3. The SMILES string of the molecule is C=C(C)C(=O)OCC(C)CCC=O. The van der Waals surface area contributed by atoms with Crippen molar-refractivity contribution in [1.82, 2.24) is 0 Å². The minimum Gasteiger partial charge on any atom is -0.462 e. The first kappa shape index (κ1) is 11.9. The molecule has 0 N–H and O–H groups in total. The van der Waals surface area contributed by atoms with Crippen LogP contribution in [-0.4, -0.2) is 18.9 Å². The molecule has 0 aromatic heterocycles. The molecule has 0 bridgehead atoms. The number of hydrogen-bond donors (Lipinski definition) is 0.